The maximum atomic E-state index is 13.6. The molecule has 0 aliphatic rings. The molecule has 1 aromatic carbocycles. The van der Waals surface area contributed by atoms with Crippen molar-refractivity contribution in [3.8, 4) is 0 Å². The first kappa shape index (κ1) is 13.6. The Bertz CT molecular complexity index is 445. The predicted molar refractivity (Wildman–Crippen MR) is 61.5 cm³/mol. The Labute approximate surface area is 104 Å². The van der Waals surface area contributed by atoms with Crippen LogP contribution in [0.4, 0.5) is 4.39 Å². The molecule has 17 heavy (non-hydrogen) atoms. The van der Waals surface area contributed by atoms with E-state index in [-0.39, 0.29) is 17.0 Å². The molecule has 0 aromatic heterocycles. The highest BCUT2D eigenvalue weighted by Gasteiger charge is 2.22. The maximum Gasteiger partial charge on any atom is 0.306 e. The Morgan fingerprint density at radius 2 is 2.12 bits per heavy atom. The maximum absolute atomic E-state index is 13.6. The average molecular weight is 259 g/mol. The highest BCUT2D eigenvalue weighted by molar-refractivity contribution is 6.31. The second kappa shape index (κ2) is 5.77. The molecule has 0 heterocycles. The minimum absolute atomic E-state index is 0.0821. The first-order valence-corrected chi connectivity index (χ1v) is 5.40. The van der Waals surface area contributed by atoms with E-state index in [1.54, 1.807) is 6.92 Å². The largest absolute Gasteiger partial charge is 0.469 e. The minimum Gasteiger partial charge on any atom is -0.469 e. The molecule has 0 spiro atoms. The van der Waals surface area contributed by atoms with Crippen molar-refractivity contribution >= 4 is 23.4 Å². The number of rotatable bonds is 4. The van der Waals surface area contributed by atoms with E-state index in [0.29, 0.717) is 0 Å². The van der Waals surface area contributed by atoms with Gasteiger partial charge >= 0.3 is 5.97 Å². The molecule has 0 bridgehead atoms. The van der Waals surface area contributed by atoms with Crippen LogP contribution in [0, 0.1) is 11.7 Å². The van der Waals surface area contributed by atoms with Crippen molar-refractivity contribution < 1.29 is 18.7 Å². The van der Waals surface area contributed by atoms with Gasteiger partial charge in [0, 0.05) is 5.92 Å². The van der Waals surface area contributed by atoms with Crippen molar-refractivity contribution in [1.82, 2.24) is 0 Å². The van der Waals surface area contributed by atoms with Crippen molar-refractivity contribution in [2.45, 2.75) is 13.3 Å². The summed E-state index contributed by atoms with van der Waals surface area (Å²) in [5.74, 6) is -2.37. The zero-order valence-electron chi connectivity index (χ0n) is 9.50. The molecule has 0 amide bonds. The van der Waals surface area contributed by atoms with Gasteiger partial charge in [0.15, 0.2) is 11.6 Å². The fourth-order valence-corrected chi connectivity index (χ4v) is 1.56. The van der Waals surface area contributed by atoms with Gasteiger partial charge in [0.1, 0.15) is 0 Å². The van der Waals surface area contributed by atoms with Gasteiger partial charge in [-0.25, -0.2) is 4.39 Å². The summed E-state index contributed by atoms with van der Waals surface area (Å²) in [5, 5.41) is -0.110. The molecule has 5 heteroatoms. The highest BCUT2D eigenvalue weighted by atomic mass is 35.5. The molecule has 0 aliphatic carbocycles. The number of esters is 1. The van der Waals surface area contributed by atoms with Crippen LogP contribution in [0.1, 0.15) is 23.7 Å². The van der Waals surface area contributed by atoms with E-state index in [0.717, 1.165) is 0 Å². The highest BCUT2D eigenvalue weighted by Crippen LogP contribution is 2.21. The predicted octanol–water partition coefficient (Wildman–Crippen LogP) is 2.86. The van der Waals surface area contributed by atoms with Crippen molar-refractivity contribution in [2.75, 3.05) is 7.11 Å². The lowest BCUT2D eigenvalue weighted by atomic mass is 9.96. The minimum atomic E-state index is -0.754. The Morgan fingerprint density at radius 1 is 1.47 bits per heavy atom. The number of carbonyl (C=O) groups excluding carboxylic acids is 2. The number of hydrogen-bond donors (Lipinski definition) is 0. The van der Waals surface area contributed by atoms with E-state index in [1.165, 1.54) is 25.3 Å². The van der Waals surface area contributed by atoms with Crippen LogP contribution >= 0.6 is 11.6 Å². The van der Waals surface area contributed by atoms with Crippen molar-refractivity contribution in [2.24, 2.45) is 5.92 Å². The van der Waals surface area contributed by atoms with Crippen LogP contribution in [0.2, 0.25) is 5.02 Å². The van der Waals surface area contributed by atoms with Crippen LogP contribution in [0.25, 0.3) is 0 Å². The van der Waals surface area contributed by atoms with E-state index in [2.05, 4.69) is 4.74 Å². The van der Waals surface area contributed by atoms with Crippen LogP contribution < -0.4 is 0 Å². The molecular weight excluding hydrogens is 247 g/mol. The lowest BCUT2D eigenvalue weighted by Crippen LogP contribution is -2.17. The van der Waals surface area contributed by atoms with E-state index in [9.17, 15) is 14.0 Å². The normalized spacial score (nSPS) is 12.0. The third kappa shape index (κ3) is 3.27. The molecule has 0 radical (unpaired) electrons. The number of halogens is 2. The van der Waals surface area contributed by atoms with Crippen LogP contribution in [0.15, 0.2) is 18.2 Å². The molecule has 1 unspecified atom stereocenters. The van der Waals surface area contributed by atoms with Gasteiger partial charge in [-0.2, -0.15) is 0 Å². The van der Waals surface area contributed by atoms with E-state index >= 15 is 0 Å². The lowest BCUT2D eigenvalue weighted by molar-refractivity contribution is -0.141. The van der Waals surface area contributed by atoms with Crippen molar-refractivity contribution in [1.29, 1.82) is 0 Å². The zero-order valence-corrected chi connectivity index (χ0v) is 10.3. The smallest absolute Gasteiger partial charge is 0.306 e. The molecule has 0 fully saturated rings. The van der Waals surface area contributed by atoms with E-state index in [1.807, 2.05) is 0 Å². The summed E-state index contributed by atoms with van der Waals surface area (Å²) in [6.07, 6.45) is -0.0821. The van der Waals surface area contributed by atoms with Crippen LogP contribution in [-0.4, -0.2) is 18.9 Å². The quantitative estimate of drug-likeness (QED) is 0.616. The Morgan fingerprint density at radius 3 is 2.71 bits per heavy atom. The number of benzene rings is 1. The number of ether oxygens (including phenoxy) is 1. The Balaban J connectivity index is 2.89. The summed E-state index contributed by atoms with van der Waals surface area (Å²) in [5.41, 5.74) is -0.103. The van der Waals surface area contributed by atoms with Gasteiger partial charge in [-0.3, -0.25) is 9.59 Å². The third-order valence-corrected chi connectivity index (χ3v) is 2.66. The summed E-state index contributed by atoms with van der Waals surface area (Å²) >= 11 is 5.58. The van der Waals surface area contributed by atoms with Gasteiger partial charge in [-0.15, -0.1) is 0 Å². The zero-order chi connectivity index (χ0) is 13.0. The topological polar surface area (TPSA) is 43.4 Å². The molecule has 0 saturated heterocycles. The molecule has 1 rings (SSSR count). The van der Waals surface area contributed by atoms with Crippen LogP contribution in [0.3, 0.4) is 0 Å². The van der Waals surface area contributed by atoms with Gasteiger partial charge in [0.2, 0.25) is 0 Å². The standard InChI is InChI=1S/C12H12ClFO3/c1-7(6-10(15)17-2)12(16)8-4-3-5-9(13)11(8)14/h3-5,7H,6H2,1-2H3. The van der Waals surface area contributed by atoms with Gasteiger partial charge < -0.3 is 4.74 Å². The van der Waals surface area contributed by atoms with Crippen molar-refractivity contribution in [3.63, 3.8) is 0 Å². The summed E-state index contributed by atoms with van der Waals surface area (Å²) in [7, 11) is 1.24. The van der Waals surface area contributed by atoms with Gasteiger partial charge in [-0.05, 0) is 12.1 Å². The Hall–Kier alpha value is -1.42. The molecular formula is C12H12ClFO3. The van der Waals surface area contributed by atoms with E-state index in [4.69, 9.17) is 11.6 Å². The second-order valence-corrected chi connectivity index (χ2v) is 4.05. The Kier molecular flexibility index (Phi) is 4.63. The van der Waals surface area contributed by atoms with Crippen LogP contribution in [-0.2, 0) is 9.53 Å². The number of ketones is 1. The molecule has 1 aromatic rings. The van der Waals surface area contributed by atoms with E-state index < -0.39 is 23.5 Å². The number of Topliss-reactive ketones (excluding diaryl/α,β-unsaturated/α-hetero) is 1. The number of hydrogen-bond acceptors (Lipinski definition) is 3. The molecule has 0 aliphatic heterocycles. The van der Waals surface area contributed by atoms with Crippen LogP contribution in [0.5, 0.6) is 0 Å². The second-order valence-electron chi connectivity index (χ2n) is 3.65. The lowest BCUT2D eigenvalue weighted by Gasteiger charge is -2.10. The van der Waals surface area contributed by atoms with Gasteiger partial charge in [-0.1, -0.05) is 24.6 Å². The molecule has 0 N–H and O–H groups in total. The van der Waals surface area contributed by atoms with Gasteiger partial charge in [0.25, 0.3) is 0 Å². The summed E-state index contributed by atoms with van der Waals surface area (Å²) in [4.78, 5) is 22.9. The number of carbonyl (C=O) groups is 2. The average Bonchev–Trinajstić information content (AvgIpc) is 2.31. The summed E-state index contributed by atoms with van der Waals surface area (Å²) in [6.45, 7) is 1.54. The fourth-order valence-electron chi connectivity index (χ4n) is 1.39. The summed E-state index contributed by atoms with van der Waals surface area (Å²) in [6, 6.07) is 4.19. The number of methoxy groups -OCH3 is 1. The summed E-state index contributed by atoms with van der Waals surface area (Å²) < 4.78 is 18.0. The fraction of sp³-hybridized carbons (Fsp3) is 0.333. The molecule has 92 valence electrons. The SMILES string of the molecule is COC(=O)CC(C)C(=O)c1cccc(Cl)c1F. The third-order valence-electron chi connectivity index (χ3n) is 2.37. The monoisotopic (exact) mass is 258 g/mol. The molecule has 3 nitrogen and oxygen atoms in total. The van der Waals surface area contributed by atoms with Crippen molar-refractivity contribution in [3.05, 3.63) is 34.6 Å². The molecule has 1 atom stereocenters. The first-order chi connectivity index (χ1) is 7.97. The van der Waals surface area contributed by atoms with Gasteiger partial charge in [0.05, 0.1) is 24.1 Å². The first-order valence-electron chi connectivity index (χ1n) is 5.02. The molecule has 0 saturated carbocycles.